The average molecular weight is 1020 g/mol. The molecule has 0 spiro atoms. The number of benzene rings is 2. The van der Waals surface area contributed by atoms with Gasteiger partial charge < -0.3 is 69.3 Å². The van der Waals surface area contributed by atoms with Crippen LogP contribution in [0.15, 0.2) is 109 Å². The largest absolute Gasteiger partial charge is 0.394 e. The first-order valence-corrected chi connectivity index (χ1v) is 26.4. The highest BCUT2D eigenvalue weighted by molar-refractivity contribution is 8.76. The maximum atomic E-state index is 14.8. The van der Waals surface area contributed by atoms with Crippen molar-refractivity contribution in [3.05, 3.63) is 120 Å². The summed E-state index contributed by atoms with van der Waals surface area (Å²) >= 11 is 0. The smallest absolute Gasteiger partial charge is 0.244 e. The van der Waals surface area contributed by atoms with Gasteiger partial charge in [0.05, 0.1) is 43.0 Å². The van der Waals surface area contributed by atoms with Gasteiger partial charge in [-0.25, -0.2) is 0 Å². The minimum absolute atomic E-state index is 0.0101. The van der Waals surface area contributed by atoms with E-state index in [2.05, 4.69) is 49.1 Å². The number of hydrogen-bond donors (Lipinski definition) is 13. The molecule has 5 rings (SSSR count). The molecule has 19 nitrogen and oxygen atoms in total. The Morgan fingerprint density at radius 3 is 2.04 bits per heavy atom. The Hall–Kier alpha value is -5.68. The first kappa shape index (κ1) is 56.2. The van der Waals surface area contributed by atoms with Crippen molar-refractivity contribution in [2.75, 3.05) is 24.7 Å². The van der Waals surface area contributed by atoms with Gasteiger partial charge in [0, 0.05) is 29.5 Å². The average Bonchev–Trinajstić information content (AvgIpc) is 3.76. The Bertz CT molecular complexity index is 2220. The van der Waals surface area contributed by atoms with Crippen molar-refractivity contribution in [1.29, 1.82) is 0 Å². The zero-order chi connectivity index (χ0) is 51.5. The second-order valence-corrected chi connectivity index (χ2v) is 20.5. The number of amides is 6. The van der Waals surface area contributed by atoms with Crippen LogP contribution in [-0.2, 0) is 41.6 Å². The SMILES string of the molecule is C=C1N[C@@H](C(=O)N[C@H](CO)[C@@H](C)O)CSSC[C@H](NC(=O)[C@H](N)Cc2ccccc2)C(=O)N[C@@H](Cc2ccccc2)C(=O)N[C@H](CC2=CNC3C=CC=CC23)C(=O)N[C@@H](CCCCN)C(=O)N[C@@H]1[C@H](C)O. The monoisotopic (exact) mass is 1020 g/mol. The molecule has 1 fully saturated rings. The second-order valence-electron chi connectivity index (χ2n) is 18.0. The third kappa shape index (κ3) is 17.3. The fourth-order valence-corrected chi connectivity index (χ4v) is 10.5. The summed E-state index contributed by atoms with van der Waals surface area (Å²) in [5.74, 6) is -4.38. The van der Waals surface area contributed by atoms with Gasteiger partial charge in [-0.05, 0) is 75.4 Å². The molecule has 3 aliphatic rings. The summed E-state index contributed by atoms with van der Waals surface area (Å²) in [5.41, 5.74) is 14.5. The highest BCUT2D eigenvalue weighted by atomic mass is 33.1. The van der Waals surface area contributed by atoms with Crippen molar-refractivity contribution in [1.82, 2.24) is 42.5 Å². The van der Waals surface area contributed by atoms with Crippen LogP contribution in [0, 0.1) is 5.92 Å². The predicted molar refractivity (Wildman–Crippen MR) is 276 cm³/mol. The van der Waals surface area contributed by atoms with Gasteiger partial charge in [-0.2, -0.15) is 0 Å². The van der Waals surface area contributed by atoms with Gasteiger partial charge >= 0.3 is 0 Å². The van der Waals surface area contributed by atoms with E-state index in [4.69, 9.17) is 11.5 Å². The van der Waals surface area contributed by atoms with E-state index in [1.807, 2.05) is 60.7 Å². The molecule has 2 aliphatic heterocycles. The topological polar surface area (TPSA) is 311 Å². The van der Waals surface area contributed by atoms with Crippen molar-refractivity contribution >= 4 is 57.0 Å². The summed E-state index contributed by atoms with van der Waals surface area (Å²) in [6.07, 6.45) is 8.43. The van der Waals surface area contributed by atoms with Crippen molar-refractivity contribution < 1.29 is 44.1 Å². The first-order valence-electron chi connectivity index (χ1n) is 23.9. The number of aliphatic hydroxyl groups is 3. The van der Waals surface area contributed by atoms with E-state index < -0.39 is 103 Å². The second kappa shape index (κ2) is 28.4. The Morgan fingerprint density at radius 1 is 0.789 bits per heavy atom. The van der Waals surface area contributed by atoms with E-state index in [-0.39, 0.29) is 54.8 Å². The zero-order valence-corrected chi connectivity index (χ0v) is 41.8. The zero-order valence-electron chi connectivity index (χ0n) is 40.1. The number of fused-ring (bicyclic) bond motifs is 1. The minimum atomic E-state index is -1.28. The number of hydrogen-bond acceptors (Lipinski definition) is 15. The molecular formula is C50H70N10O9S2. The Morgan fingerprint density at radius 2 is 1.39 bits per heavy atom. The molecule has 21 heteroatoms. The first-order chi connectivity index (χ1) is 34.1. The maximum Gasteiger partial charge on any atom is 0.244 e. The third-order valence-electron chi connectivity index (χ3n) is 12.4. The Balaban J connectivity index is 1.55. The maximum absolute atomic E-state index is 14.8. The number of carbonyl (C=O) groups is 6. The van der Waals surface area contributed by atoms with Gasteiger partial charge in [-0.1, -0.05) is 113 Å². The van der Waals surface area contributed by atoms with Crippen LogP contribution in [0.25, 0.3) is 0 Å². The fraction of sp³-hybridized carbons (Fsp3) is 0.480. The van der Waals surface area contributed by atoms with Crippen LogP contribution in [0.3, 0.4) is 0 Å². The molecule has 71 heavy (non-hydrogen) atoms. The van der Waals surface area contributed by atoms with Crippen LogP contribution in [0.4, 0.5) is 0 Å². The molecule has 0 aromatic heterocycles. The number of rotatable bonds is 17. The molecule has 1 aliphatic carbocycles. The molecule has 2 aromatic rings. The molecule has 0 radical (unpaired) electrons. The van der Waals surface area contributed by atoms with E-state index in [1.54, 1.807) is 30.5 Å². The number of aliphatic hydroxyl groups excluding tert-OH is 3. The summed E-state index contributed by atoms with van der Waals surface area (Å²) in [7, 11) is 2.26. The molecule has 2 unspecified atom stereocenters. The molecule has 1 saturated heterocycles. The normalized spacial score (nSPS) is 26.3. The number of nitrogens with two attached hydrogens (primary N) is 2. The van der Waals surface area contributed by atoms with Crippen molar-refractivity contribution in [3.63, 3.8) is 0 Å². The lowest BCUT2D eigenvalue weighted by molar-refractivity contribution is -0.134. The molecule has 15 N–H and O–H groups in total. The predicted octanol–water partition coefficient (Wildman–Crippen LogP) is -0.554. The summed E-state index contributed by atoms with van der Waals surface area (Å²) in [6.45, 7) is 6.62. The molecule has 2 heterocycles. The van der Waals surface area contributed by atoms with Crippen molar-refractivity contribution in [2.45, 2.75) is 119 Å². The van der Waals surface area contributed by atoms with Gasteiger partial charge in [0.1, 0.15) is 30.2 Å². The lowest BCUT2D eigenvalue weighted by Crippen LogP contribution is -2.60. The minimum Gasteiger partial charge on any atom is -0.394 e. The van der Waals surface area contributed by atoms with Crippen molar-refractivity contribution in [2.24, 2.45) is 17.4 Å². The Labute approximate surface area is 423 Å². The lowest BCUT2D eigenvalue weighted by Gasteiger charge is -2.31. The van der Waals surface area contributed by atoms with Gasteiger partial charge in [-0.3, -0.25) is 28.8 Å². The highest BCUT2D eigenvalue weighted by Crippen LogP contribution is 2.30. The molecular weight excluding hydrogens is 949 g/mol. The van der Waals surface area contributed by atoms with Gasteiger partial charge in [0.15, 0.2) is 0 Å². The van der Waals surface area contributed by atoms with Crippen LogP contribution in [0.2, 0.25) is 0 Å². The van der Waals surface area contributed by atoms with Gasteiger partial charge in [0.2, 0.25) is 35.4 Å². The molecule has 0 bridgehead atoms. The number of carbonyl (C=O) groups excluding carboxylic acids is 6. The summed E-state index contributed by atoms with van der Waals surface area (Å²) < 4.78 is 0. The van der Waals surface area contributed by atoms with Crippen LogP contribution < -0.4 is 54.0 Å². The van der Waals surface area contributed by atoms with Crippen LogP contribution in [0.5, 0.6) is 0 Å². The highest BCUT2D eigenvalue weighted by Gasteiger charge is 2.37. The van der Waals surface area contributed by atoms with E-state index >= 15 is 0 Å². The standard InChI is InChI=1S/C50H70N10O9S2/c1-29-44(31(3)63)60-46(65)38(20-12-13-21-51)55-48(67)40(24-34-25-53-37-19-11-10-18-35(34)37)57-47(66)39(23-33-16-8-5-9-17-33)56-50(69)43(59-45(64)36(52)22-32-14-6-4-7-15-32)28-71-70-27-42(54-29)49(68)58-41(26-61)30(2)62/h4-11,14-19,25,30-31,35-44,53-54,61-63H,1,12-13,20-24,26-28,51-52H2,2-3H3,(H,55,67)(H,56,69)(H,57,66)(H,58,68)(H,59,64)(H,60,65)/t30-,31+,35?,36-,37?,38+,39+,40-,41-,42-,43+,44+/m1/s1. The lowest BCUT2D eigenvalue weighted by atomic mass is 9.87. The summed E-state index contributed by atoms with van der Waals surface area (Å²) in [4.78, 5) is 86.0. The van der Waals surface area contributed by atoms with Crippen LogP contribution in [0.1, 0.15) is 50.7 Å². The number of nitrogens with one attached hydrogen (secondary N) is 8. The fourth-order valence-electron chi connectivity index (χ4n) is 8.20. The Kier molecular flexibility index (Phi) is 22.5. The van der Waals surface area contributed by atoms with E-state index in [0.29, 0.717) is 24.9 Å². The third-order valence-corrected chi connectivity index (χ3v) is 14.8. The van der Waals surface area contributed by atoms with Crippen molar-refractivity contribution in [3.8, 4) is 0 Å². The van der Waals surface area contributed by atoms with Gasteiger partial charge in [0.25, 0.3) is 0 Å². The molecule has 12 atom stereocenters. The molecule has 6 amide bonds. The summed E-state index contributed by atoms with van der Waals surface area (Å²) in [5, 5.41) is 54.4. The van der Waals surface area contributed by atoms with E-state index in [0.717, 1.165) is 32.7 Å². The number of unbranched alkanes of at least 4 members (excludes halogenated alkanes) is 1. The van der Waals surface area contributed by atoms with Crippen LogP contribution in [-0.4, -0.2) is 142 Å². The summed E-state index contributed by atoms with van der Waals surface area (Å²) in [6, 6.07) is 8.50. The van der Waals surface area contributed by atoms with E-state index in [1.165, 1.54) is 13.8 Å². The molecule has 2 aromatic carbocycles. The van der Waals surface area contributed by atoms with Crippen LogP contribution >= 0.6 is 21.6 Å². The molecule has 386 valence electrons. The van der Waals surface area contributed by atoms with E-state index in [9.17, 15) is 44.1 Å². The molecule has 0 saturated carbocycles. The van der Waals surface area contributed by atoms with Gasteiger partial charge in [-0.15, -0.1) is 0 Å². The number of allylic oxidation sites excluding steroid dienone is 2. The quantitative estimate of drug-likeness (QED) is 0.0699.